The zero-order chi connectivity index (χ0) is 11.5. The fourth-order valence-corrected chi connectivity index (χ4v) is 3.22. The van der Waals surface area contributed by atoms with Crippen LogP contribution in [0.5, 0.6) is 0 Å². The summed E-state index contributed by atoms with van der Waals surface area (Å²) in [6.07, 6.45) is 5.76. The maximum atomic E-state index is 3.52. The number of hydrogen-bond acceptors (Lipinski definition) is 2. The van der Waals surface area contributed by atoms with E-state index < -0.39 is 0 Å². The number of nitrogens with zero attached hydrogens (tertiary/aromatic N) is 1. The van der Waals surface area contributed by atoms with Crippen LogP contribution in [0.1, 0.15) is 31.2 Å². The van der Waals surface area contributed by atoms with Gasteiger partial charge in [-0.1, -0.05) is 31.0 Å². The Bertz CT molecular complexity index is 375. The number of rotatable bonds is 2. The highest BCUT2D eigenvalue weighted by Gasteiger charge is 2.21. The Morgan fingerprint density at radius 1 is 1.17 bits per heavy atom. The highest BCUT2D eigenvalue weighted by Crippen LogP contribution is 2.29. The molecule has 1 aliphatic heterocycles. The summed E-state index contributed by atoms with van der Waals surface area (Å²) >= 11 is 0. The molecule has 1 heterocycles. The fraction of sp³-hybridized carbons (Fsp3) is 0.600. The molecule has 0 aromatic heterocycles. The van der Waals surface area contributed by atoms with Crippen molar-refractivity contribution < 1.29 is 0 Å². The molecule has 1 N–H and O–H groups in total. The van der Waals surface area contributed by atoms with Gasteiger partial charge in [0.05, 0.1) is 0 Å². The van der Waals surface area contributed by atoms with E-state index in [0.29, 0.717) is 0 Å². The lowest BCUT2D eigenvalue weighted by molar-refractivity contribution is 0.529. The Labute approximate surface area is 116 Å². The van der Waals surface area contributed by atoms with E-state index >= 15 is 0 Å². The van der Waals surface area contributed by atoms with Gasteiger partial charge in [0.25, 0.3) is 0 Å². The Morgan fingerprint density at radius 3 is 2.78 bits per heavy atom. The highest BCUT2D eigenvalue weighted by molar-refractivity contribution is 5.85. The molecule has 0 saturated heterocycles. The van der Waals surface area contributed by atoms with Crippen molar-refractivity contribution in [2.75, 3.05) is 24.5 Å². The molecule has 100 valence electrons. The van der Waals surface area contributed by atoms with Gasteiger partial charge in [-0.25, -0.2) is 0 Å². The van der Waals surface area contributed by atoms with Crippen molar-refractivity contribution >= 4 is 18.1 Å². The quantitative estimate of drug-likeness (QED) is 0.884. The second-order valence-corrected chi connectivity index (χ2v) is 5.40. The predicted octanol–water partition coefficient (Wildman–Crippen LogP) is 3.21. The molecule has 0 atom stereocenters. The average molecular weight is 267 g/mol. The fourth-order valence-electron chi connectivity index (χ4n) is 3.22. The first-order valence-corrected chi connectivity index (χ1v) is 6.97. The molecule has 1 saturated carbocycles. The van der Waals surface area contributed by atoms with Crippen LogP contribution in [0, 0.1) is 5.92 Å². The maximum absolute atomic E-state index is 3.52. The minimum absolute atomic E-state index is 0. The van der Waals surface area contributed by atoms with Gasteiger partial charge in [0.15, 0.2) is 0 Å². The second kappa shape index (κ2) is 6.44. The molecule has 0 unspecified atom stereocenters. The van der Waals surface area contributed by atoms with Crippen LogP contribution in [0.2, 0.25) is 0 Å². The number of benzene rings is 1. The van der Waals surface area contributed by atoms with Crippen molar-refractivity contribution in [2.24, 2.45) is 5.92 Å². The van der Waals surface area contributed by atoms with Gasteiger partial charge in [-0.15, -0.1) is 12.4 Å². The van der Waals surface area contributed by atoms with E-state index in [1.54, 1.807) is 0 Å². The number of halogens is 1. The number of para-hydroxylation sites is 1. The summed E-state index contributed by atoms with van der Waals surface area (Å²) in [6, 6.07) is 8.87. The molecule has 0 spiro atoms. The summed E-state index contributed by atoms with van der Waals surface area (Å²) in [6.45, 7) is 4.56. The molecule has 0 bridgehead atoms. The Hall–Kier alpha value is -0.730. The number of nitrogens with one attached hydrogen (secondary N) is 1. The lowest BCUT2D eigenvalue weighted by Crippen LogP contribution is -2.32. The number of hydrogen-bond donors (Lipinski definition) is 1. The van der Waals surface area contributed by atoms with Gasteiger partial charge in [-0.2, -0.15) is 0 Å². The van der Waals surface area contributed by atoms with E-state index in [9.17, 15) is 0 Å². The van der Waals surface area contributed by atoms with E-state index in [-0.39, 0.29) is 12.4 Å². The zero-order valence-electron chi connectivity index (χ0n) is 10.9. The van der Waals surface area contributed by atoms with Crippen LogP contribution in [-0.4, -0.2) is 19.6 Å². The molecular formula is C15H23ClN2. The highest BCUT2D eigenvalue weighted by atomic mass is 35.5. The average Bonchev–Trinajstić information content (AvgIpc) is 2.78. The van der Waals surface area contributed by atoms with Crippen LogP contribution in [0.25, 0.3) is 0 Å². The first-order chi connectivity index (χ1) is 8.43. The molecule has 2 nitrogen and oxygen atoms in total. The van der Waals surface area contributed by atoms with Gasteiger partial charge in [-0.05, 0) is 30.4 Å². The minimum Gasteiger partial charge on any atom is -0.370 e. The van der Waals surface area contributed by atoms with Crippen LogP contribution in [0.4, 0.5) is 5.69 Å². The third kappa shape index (κ3) is 2.99. The smallest absolute Gasteiger partial charge is 0.0412 e. The third-order valence-corrected chi connectivity index (χ3v) is 4.16. The van der Waals surface area contributed by atoms with Gasteiger partial charge in [0.2, 0.25) is 0 Å². The summed E-state index contributed by atoms with van der Waals surface area (Å²) in [5, 5.41) is 3.52. The predicted molar refractivity (Wildman–Crippen MR) is 79.6 cm³/mol. The SMILES string of the molecule is Cl.c1ccc2c(c1)CNCCN2CC1CCCC1. The Morgan fingerprint density at radius 2 is 1.94 bits per heavy atom. The van der Waals surface area contributed by atoms with Gasteiger partial charge in [0.1, 0.15) is 0 Å². The van der Waals surface area contributed by atoms with E-state index in [1.807, 2.05) is 0 Å². The summed E-state index contributed by atoms with van der Waals surface area (Å²) in [7, 11) is 0. The largest absolute Gasteiger partial charge is 0.370 e. The van der Waals surface area contributed by atoms with E-state index in [0.717, 1.165) is 25.6 Å². The lowest BCUT2D eigenvalue weighted by Gasteiger charge is -2.27. The normalized spacial score (nSPS) is 20.1. The molecular weight excluding hydrogens is 244 g/mol. The Kier molecular flexibility index (Phi) is 4.90. The van der Waals surface area contributed by atoms with Gasteiger partial charge in [0, 0.05) is 31.9 Å². The van der Waals surface area contributed by atoms with E-state index in [1.165, 1.54) is 43.5 Å². The standard InChI is InChI=1S/C15H22N2.ClH/c1-2-6-13(5-1)12-17-10-9-16-11-14-7-3-4-8-15(14)17;/h3-4,7-8,13,16H,1-2,5-6,9-12H2;1H. The summed E-state index contributed by atoms with van der Waals surface area (Å²) in [4.78, 5) is 2.60. The van der Waals surface area contributed by atoms with Gasteiger partial charge >= 0.3 is 0 Å². The van der Waals surface area contributed by atoms with Crippen LogP contribution >= 0.6 is 12.4 Å². The first-order valence-electron chi connectivity index (χ1n) is 6.97. The monoisotopic (exact) mass is 266 g/mol. The molecule has 3 heteroatoms. The molecule has 3 rings (SSSR count). The van der Waals surface area contributed by atoms with Crippen LogP contribution in [0.15, 0.2) is 24.3 Å². The van der Waals surface area contributed by atoms with Crippen LogP contribution < -0.4 is 10.2 Å². The molecule has 1 aromatic rings. The van der Waals surface area contributed by atoms with E-state index in [4.69, 9.17) is 0 Å². The lowest BCUT2D eigenvalue weighted by atomic mass is 10.1. The Balaban J connectivity index is 0.00000120. The second-order valence-electron chi connectivity index (χ2n) is 5.40. The number of anilines is 1. The molecule has 0 amide bonds. The number of fused-ring (bicyclic) bond motifs is 1. The zero-order valence-corrected chi connectivity index (χ0v) is 11.7. The van der Waals surface area contributed by atoms with Crippen molar-refractivity contribution in [3.05, 3.63) is 29.8 Å². The van der Waals surface area contributed by atoms with Gasteiger partial charge < -0.3 is 10.2 Å². The van der Waals surface area contributed by atoms with Crippen LogP contribution in [-0.2, 0) is 6.54 Å². The van der Waals surface area contributed by atoms with Crippen molar-refractivity contribution in [3.63, 3.8) is 0 Å². The van der Waals surface area contributed by atoms with Crippen molar-refractivity contribution in [1.82, 2.24) is 5.32 Å². The minimum atomic E-state index is 0. The van der Waals surface area contributed by atoms with Crippen LogP contribution in [0.3, 0.4) is 0 Å². The van der Waals surface area contributed by atoms with Crippen molar-refractivity contribution in [2.45, 2.75) is 32.2 Å². The molecule has 1 aromatic carbocycles. The third-order valence-electron chi connectivity index (χ3n) is 4.16. The summed E-state index contributed by atoms with van der Waals surface area (Å²) < 4.78 is 0. The first kappa shape index (κ1) is 13.7. The topological polar surface area (TPSA) is 15.3 Å². The molecule has 2 aliphatic rings. The van der Waals surface area contributed by atoms with E-state index in [2.05, 4.69) is 34.5 Å². The van der Waals surface area contributed by atoms with Gasteiger partial charge in [-0.3, -0.25) is 0 Å². The molecule has 18 heavy (non-hydrogen) atoms. The maximum Gasteiger partial charge on any atom is 0.0412 e. The van der Waals surface area contributed by atoms with Crippen molar-refractivity contribution in [1.29, 1.82) is 0 Å². The van der Waals surface area contributed by atoms with Crippen molar-refractivity contribution in [3.8, 4) is 0 Å². The summed E-state index contributed by atoms with van der Waals surface area (Å²) in [5.74, 6) is 0.932. The molecule has 1 aliphatic carbocycles. The molecule has 0 radical (unpaired) electrons. The molecule has 1 fully saturated rings. The summed E-state index contributed by atoms with van der Waals surface area (Å²) in [5.41, 5.74) is 2.92.